The van der Waals surface area contributed by atoms with Gasteiger partial charge in [-0.1, -0.05) is 6.92 Å². The maximum atomic E-state index is 9.96. The van der Waals surface area contributed by atoms with E-state index in [1.165, 1.54) is 32.1 Å². The Bertz CT molecular complexity index is 187. The number of ether oxygens (including phenoxy) is 1. The maximum absolute atomic E-state index is 9.96. The molecule has 0 amide bonds. The summed E-state index contributed by atoms with van der Waals surface area (Å²) in [6.07, 6.45) is 8.59. The molecule has 0 aromatic heterocycles. The molecule has 1 aliphatic heterocycles. The van der Waals surface area contributed by atoms with Gasteiger partial charge in [0.05, 0.1) is 12.2 Å². The van der Waals surface area contributed by atoms with Crippen LogP contribution in [0.2, 0.25) is 0 Å². The van der Waals surface area contributed by atoms with Gasteiger partial charge in [-0.05, 0) is 56.8 Å². The van der Waals surface area contributed by atoms with Crippen LogP contribution < -0.4 is 0 Å². The lowest BCUT2D eigenvalue weighted by atomic mass is 9.77. The van der Waals surface area contributed by atoms with Gasteiger partial charge in [0, 0.05) is 6.61 Å². The Morgan fingerprint density at radius 1 is 1.20 bits per heavy atom. The molecule has 4 atom stereocenters. The highest BCUT2D eigenvalue weighted by Crippen LogP contribution is 2.33. The number of hydrogen-bond acceptors (Lipinski definition) is 2. The Morgan fingerprint density at radius 3 is 2.80 bits per heavy atom. The Labute approximate surface area is 93.0 Å². The van der Waals surface area contributed by atoms with E-state index in [-0.39, 0.29) is 6.10 Å². The number of aliphatic hydroxyl groups excluding tert-OH is 1. The molecular formula is C13H24O2. The lowest BCUT2D eigenvalue weighted by Crippen LogP contribution is -2.33. The Kier molecular flexibility index (Phi) is 4.04. The molecule has 1 heterocycles. The van der Waals surface area contributed by atoms with Crippen molar-refractivity contribution in [2.75, 3.05) is 6.61 Å². The first-order chi connectivity index (χ1) is 7.25. The Hall–Kier alpha value is -0.0800. The highest BCUT2D eigenvalue weighted by atomic mass is 16.5. The first-order valence-corrected chi connectivity index (χ1v) is 6.55. The summed E-state index contributed by atoms with van der Waals surface area (Å²) in [4.78, 5) is 0. The van der Waals surface area contributed by atoms with Gasteiger partial charge in [-0.15, -0.1) is 0 Å². The average Bonchev–Trinajstić information content (AvgIpc) is 2.25. The zero-order valence-corrected chi connectivity index (χ0v) is 9.82. The summed E-state index contributed by atoms with van der Waals surface area (Å²) in [5.74, 6) is 1.29. The molecule has 0 aromatic rings. The molecule has 1 aliphatic carbocycles. The standard InChI is InChI=1S/C13H24O2/c1-10-5-6-13(14)11(8-10)9-12-4-2-3-7-15-12/h10-14H,2-9H2,1H3. The number of rotatable bonds is 2. The molecule has 2 heteroatoms. The minimum atomic E-state index is -0.0632. The number of hydrogen-bond donors (Lipinski definition) is 1. The second kappa shape index (κ2) is 5.31. The summed E-state index contributed by atoms with van der Waals surface area (Å²) in [5, 5.41) is 9.96. The highest BCUT2D eigenvalue weighted by Gasteiger charge is 2.29. The molecule has 1 saturated carbocycles. The fraction of sp³-hybridized carbons (Fsp3) is 1.00. The van der Waals surface area contributed by atoms with Gasteiger partial charge in [-0.2, -0.15) is 0 Å². The summed E-state index contributed by atoms with van der Waals surface area (Å²) in [6, 6.07) is 0. The second-order valence-electron chi connectivity index (χ2n) is 5.47. The molecule has 0 spiro atoms. The van der Waals surface area contributed by atoms with E-state index in [1.54, 1.807) is 0 Å². The van der Waals surface area contributed by atoms with Crippen LogP contribution in [0, 0.1) is 11.8 Å². The van der Waals surface area contributed by atoms with Crippen molar-refractivity contribution >= 4 is 0 Å². The van der Waals surface area contributed by atoms with Crippen molar-refractivity contribution < 1.29 is 9.84 Å². The summed E-state index contributed by atoms with van der Waals surface area (Å²) in [6.45, 7) is 3.24. The average molecular weight is 212 g/mol. The van der Waals surface area contributed by atoms with Gasteiger partial charge < -0.3 is 9.84 Å². The predicted octanol–water partition coefficient (Wildman–Crippen LogP) is 2.74. The first kappa shape index (κ1) is 11.4. The van der Waals surface area contributed by atoms with Crippen molar-refractivity contribution in [2.45, 2.75) is 64.1 Å². The van der Waals surface area contributed by atoms with Crippen LogP contribution in [0.5, 0.6) is 0 Å². The Morgan fingerprint density at radius 2 is 2.07 bits per heavy atom. The zero-order chi connectivity index (χ0) is 10.7. The largest absolute Gasteiger partial charge is 0.393 e. The van der Waals surface area contributed by atoms with Gasteiger partial charge in [-0.3, -0.25) is 0 Å². The van der Waals surface area contributed by atoms with E-state index in [2.05, 4.69) is 6.92 Å². The SMILES string of the molecule is CC1CCC(O)C(CC2CCCCO2)C1. The molecule has 88 valence electrons. The summed E-state index contributed by atoms with van der Waals surface area (Å²) >= 11 is 0. The minimum absolute atomic E-state index is 0.0632. The fourth-order valence-electron chi connectivity index (χ4n) is 3.07. The molecule has 2 aliphatic rings. The van der Waals surface area contributed by atoms with Crippen LogP contribution in [0.4, 0.5) is 0 Å². The van der Waals surface area contributed by atoms with Crippen molar-refractivity contribution in [3.8, 4) is 0 Å². The van der Waals surface area contributed by atoms with Gasteiger partial charge in [0.15, 0.2) is 0 Å². The van der Waals surface area contributed by atoms with Crippen LogP contribution in [0.25, 0.3) is 0 Å². The molecule has 2 fully saturated rings. The van der Waals surface area contributed by atoms with Gasteiger partial charge >= 0.3 is 0 Å². The van der Waals surface area contributed by atoms with E-state index in [0.717, 1.165) is 25.4 Å². The van der Waals surface area contributed by atoms with E-state index in [9.17, 15) is 5.11 Å². The van der Waals surface area contributed by atoms with Crippen LogP contribution >= 0.6 is 0 Å². The molecule has 15 heavy (non-hydrogen) atoms. The molecule has 1 saturated heterocycles. The van der Waals surface area contributed by atoms with Crippen molar-refractivity contribution in [1.82, 2.24) is 0 Å². The highest BCUT2D eigenvalue weighted by molar-refractivity contribution is 4.81. The van der Waals surface area contributed by atoms with Crippen molar-refractivity contribution in [3.05, 3.63) is 0 Å². The lowest BCUT2D eigenvalue weighted by Gasteiger charge is -2.35. The van der Waals surface area contributed by atoms with Crippen molar-refractivity contribution in [2.24, 2.45) is 11.8 Å². The van der Waals surface area contributed by atoms with E-state index < -0.39 is 0 Å². The molecule has 0 aromatic carbocycles. The molecule has 2 nitrogen and oxygen atoms in total. The van der Waals surface area contributed by atoms with E-state index in [1.807, 2.05) is 0 Å². The predicted molar refractivity (Wildman–Crippen MR) is 60.7 cm³/mol. The zero-order valence-electron chi connectivity index (χ0n) is 9.82. The van der Waals surface area contributed by atoms with Crippen LogP contribution in [0.15, 0.2) is 0 Å². The smallest absolute Gasteiger partial charge is 0.0578 e. The lowest BCUT2D eigenvalue weighted by molar-refractivity contribution is -0.0304. The third-order valence-corrected chi connectivity index (χ3v) is 4.04. The van der Waals surface area contributed by atoms with E-state index in [4.69, 9.17) is 4.74 Å². The third-order valence-electron chi connectivity index (χ3n) is 4.04. The monoisotopic (exact) mass is 212 g/mol. The number of aliphatic hydroxyl groups is 1. The first-order valence-electron chi connectivity index (χ1n) is 6.55. The molecule has 4 unspecified atom stereocenters. The Balaban J connectivity index is 1.80. The summed E-state index contributed by atoms with van der Waals surface area (Å²) in [5.41, 5.74) is 0. The molecular weight excluding hydrogens is 188 g/mol. The maximum Gasteiger partial charge on any atom is 0.0578 e. The van der Waals surface area contributed by atoms with Crippen molar-refractivity contribution in [3.63, 3.8) is 0 Å². The summed E-state index contributed by atoms with van der Waals surface area (Å²) in [7, 11) is 0. The minimum Gasteiger partial charge on any atom is -0.393 e. The van der Waals surface area contributed by atoms with Gasteiger partial charge in [0.1, 0.15) is 0 Å². The van der Waals surface area contributed by atoms with Gasteiger partial charge in [-0.25, -0.2) is 0 Å². The van der Waals surface area contributed by atoms with Gasteiger partial charge in [0.2, 0.25) is 0 Å². The van der Waals surface area contributed by atoms with Crippen LogP contribution in [0.1, 0.15) is 51.9 Å². The fourth-order valence-corrected chi connectivity index (χ4v) is 3.07. The van der Waals surface area contributed by atoms with E-state index in [0.29, 0.717) is 12.0 Å². The van der Waals surface area contributed by atoms with Crippen molar-refractivity contribution in [1.29, 1.82) is 0 Å². The van der Waals surface area contributed by atoms with E-state index >= 15 is 0 Å². The third kappa shape index (κ3) is 3.18. The second-order valence-corrected chi connectivity index (χ2v) is 5.47. The van der Waals surface area contributed by atoms with Crippen LogP contribution in [-0.2, 0) is 4.74 Å². The quantitative estimate of drug-likeness (QED) is 0.762. The molecule has 0 bridgehead atoms. The molecule has 2 rings (SSSR count). The topological polar surface area (TPSA) is 29.5 Å². The van der Waals surface area contributed by atoms with Gasteiger partial charge in [0.25, 0.3) is 0 Å². The summed E-state index contributed by atoms with van der Waals surface area (Å²) < 4.78 is 5.75. The van der Waals surface area contributed by atoms with Crippen LogP contribution in [-0.4, -0.2) is 23.9 Å². The van der Waals surface area contributed by atoms with Crippen LogP contribution in [0.3, 0.4) is 0 Å². The molecule has 1 N–H and O–H groups in total. The normalized spacial score (nSPS) is 42.8. The molecule has 0 radical (unpaired) electrons.